The first-order valence-electron chi connectivity index (χ1n) is 6.13. The molecule has 1 aromatic carbocycles. The van der Waals surface area contributed by atoms with E-state index in [2.05, 4.69) is 5.48 Å². The normalized spacial score (nSPS) is 22.5. The van der Waals surface area contributed by atoms with E-state index in [1.165, 1.54) is 12.0 Å². The predicted octanol–water partition coefficient (Wildman–Crippen LogP) is 0.519. The highest BCUT2D eigenvalue weighted by Crippen LogP contribution is 2.12. The van der Waals surface area contributed by atoms with Crippen LogP contribution in [0.1, 0.15) is 5.56 Å². The number of nitrogens with one attached hydrogen (secondary N) is 1. The molecule has 6 nitrogen and oxygen atoms in total. The van der Waals surface area contributed by atoms with Crippen LogP contribution in [-0.4, -0.2) is 48.4 Å². The Bertz CT molecular complexity index is 412. The van der Waals surface area contributed by atoms with E-state index < -0.39 is 12.2 Å². The molecule has 2 N–H and O–H groups in total. The van der Waals surface area contributed by atoms with Crippen molar-refractivity contribution in [3.63, 3.8) is 0 Å². The van der Waals surface area contributed by atoms with Gasteiger partial charge in [0.05, 0.1) is 25.8 Å². The molecular formula is C13H18N2O4. The minimum atomic E-state index is -0.649. The van der Waals surface area contributed by atoms with E-state index in [0.717, 1.165) is 5.56 Å². The van der Waals surface area contributed by atoms with Crippen molar-refractivity contribution < 1.29 is 19.5 Å². The van der Waals surface area contributed by atoms with Crippen LogP contribution in [0.3, 0.4) is 0 Å². The molecule has 1 aliphatic heterocycles. The quantitative estimate of drug-likeness (QED) is 0.777. The number of likely N-dealkylation sites (tertiary alicyclic amines) is 1. The smallest absolute Gasteiger partial charge is 0.410 e. The summed E-state index contributed by atoms with van der Waals surface area (Å²) in [5, 5.41) is 9.73. The van der Waals surface area contributed by atoms with Gasteiger partial charge in [-0.15, -0.1) is 0 Å². The second-order valence-electron chi connectivity index (χ2n) is 4.44. The van der Waals surface area contributed by atoms with Crippen LogP contribution in [0, 0.1) is 0 Å². The van der Waals surface area contributed by atoms with Crippen molar-refractivity contribution in [2.75, 3.05) is 20.2 Å². The van der Waals surface area contributed by atoms with E-state index in [9.17, 15) is 9.90 Å². The summed E-state index contributed by atoms with van der Waals surface area (Å²) in [4.78, 5) is 18.1. The first-order valence-corrected chi connectivity index (χ1v) is 6.13. The zero-order valence-electron chi connectivity index (χ0n) is 10.8. The molecule has 1 fully saturated rings. The van der Waals surface area contributed by atoms with Crippen LogP contribution in [0.25, 0.3) is 0 Å². The third kappa shape index (κ3) is 3.66. The highest BCUT2D eigenvalue weighted by Gasteiger charge is 2.34. The van der Waals surface area contributed by atoms with Gasteiger partial charge in [0.25, 0.3) is 0 Å². The van der Waals surface area contributed by atoms with Crippen LogP contribution < -0.4 is 5.48 Å². The van der Waals surface area contributed by atoms with Crippen LogP contribution in [0.15, 0.2) is 30.3 Å². The van der Waals surface area contributed by atoms with Crippen LogP contribution in [0.4, 0.5) is 4.79 Å². The van der Waals surface area contributed by atoms with E-state index >= 15 is 0 Å². The van der Waals surface area contributed by atoms with E-state index in [-0.39, 0.29) is 19.2 Å². The molecule has 0 bridgehead atoms. The minimum absolute atomic E-state index is 0.231. The highest BCUT2D eigenvalue weighted by molar-refractivity contribution is 5.68. The average molecular weight is 266 g/mol. The molecule has 1 aromatic rings. The minimum Gasteiger partial charge on any atom is -0.445 e. The number of hydroxylamine groups is 1. The molecule has 0 radical (unpaired) electrons. The molecule has 1 saturated heterocycles. The van der Waals surface area contributed by atoms with Crippen LogP contribution in [-0.2, 0) is 16.2 Å². The number of carbonyl (C=O) groups is 1. The van der Waals surface area contributed by atoms with E-state index in [1.54, 1.807) is 0 Å². The first-order chi connectivity index (χ1) is 9.20. The van der Waals surface area contributed by atoms with Gasteiger partial charge >= 0.3 is 6.09 Å². The number of nitrogens with zero attached hydrogens (tertiary/aromatic N) is 1. The Morgan fingerprint density at radius 2 is 2.16 bits per heavy atom. The Labute approximate surface area is 111 Å². The van der Waals surface area contributed by atoms with Gasteiger partial charge in [-0.2, -0.15) is 5.48 Å². The van der Waals surface area contributed by atoms with Crippen LogP contribution in [0.5, 0.6) is 0 Å². The number of hydrogen-bond donors (Lipinski definition) is 2. The number of hydrogen-bond acceptors (Lipinski definition) is 5. The summed E-state index contributed by atoms with van der Waals surface area (Å²) in [5.74, 6) is 0. The van der Waals surface area contributed by atoms with Gasteiger partial charge in [-0.25, -0.2) is 4.79 Å². The first kappa shape index (κ1) is 13.8. The number of carbonyl (C=O) groups excluding carboxylic acids is 1. The summed E-state index contributed by atoms with van der Waals surface area (Å²) < 4.78 is 5.19. The lowest BCUT2D eigenvalue weighted by Crippen LogP contribution is -2.38. The lowest BCUT2D eigenvalue weighted by molar-refractivity contribution is 0.0259. The maximum atomic E-state index is 11.8. The lowest BCUT2D eigenvalue weighted by Gasteiger charge is -2.16. The molecule has 104 valence electrons. The number of rotatable bonds is 4. The Hall–Kier alpha value is -1.63. The maximum Gasteiger partial charge on any atom is 0.410 e. The molecule has 0 aromatic heterocycles. The summed E-state index contributed by atoms with van der Waals surface area (Å²) in [6.07, 6.45) is -1.08. The number of aliphatic hydroxyl groups excluding tert-OH is 1. The van der Waals surface area contributed by atoms with Crippen molar-refractivity contribution in [2.45, 2.75) is 18.8 Å². The summed E-state index contributed by atoms with van der Waals surface area (Å²) in [5.41, 5.74) is 3.59. The van der Waals surface area contributed by atoms with E-state index in [1.807, 2.05) is 30.3 Å². The van der Waals surface area contributed by atoms with Gasteiger partial charge in [-0.1, -0.05) is 30.3 Å². The van der Waals surface area contributed by atoms with Gasteiger partial charge in [-0.3, -0.25) is 0 Å². The van der Waals surface area contributed by atoms with Crippen molar-refractivity contribution in [3.8, 4) is 0 Å². The number of β-amino-alcohol motifs (C(OH)–C–C–N with tert-alkyl or cyclic N) is 1. The molecule has 6 heteroatoms. The summed E-state index contributed by atoms with van der Waals surface area (Å²) in [6.45, 7) is 0.839. The Balaban J connectivity index is 1.81. The Kier molecular flexibility index (Phi) is 4.73. The highest BCUT2D eigenvalue weighted by atomic mass is 16.6. The predicted molar refractivity (Wildman–Crippen MR) is 68.1 cm³/mol. The van der Waals surface area contributed by atoms with Gasteiger partial charge in [-0.05, 0) is 5.56 Å². The molecule has 0 aliphatic carbocycles. The van der Waals surface area contributed by atoms with Crippen LogP contribution >= 0.6 is 0 Å². The van der Waals surface area contributed by atoms with Gasteiger partial charge < -0.3 is 19.6 Å². The largest absolute Gasteiger partial charge is 0.445 e. The monoisotopic (exact) mass is 266 g/mol. The van der Waals surface area contributed by atoms with Crippen molar-refractivity contribution in [3.05, 3.63) is 35.9 Å². The van der Waals surface area contributed by atoms with Gasteiger partial charge in [0, 0.05) is 6.54 Å². The molecule has 2 atom stereocenters. The number of ether oxygens (including phenoxy) is 1. The summed E-state index contributed by atoms with van der Waals surface area (Å²) >= 11 is 0. The topological polar surface area (TPSA) is 71.0 Å². The van der Waals surface area contributed by atoms with Crippen molar-refractivity contribution in [1.82, 2.24) is 10.4 Å². The third-order valence-electron chi connectivity index (χ3n) is 3.02. The molecule has 1 heterocycles. The zero-order chi connectivity index (χ0) is 13.7. The molecule has 1 aliphatic rings. The SMILES string of the molecule is CON[C@H]1CN(C(=O)OCc2ccccc2)C[C@@H]1O. The summed E-state index contributed by atoms with van der Waals surface area (Å²) in [7, 11) is 1.48. The molecule has 1 amide bonds. The van der Waals surface area contributed by atoms with E-state index in [4.69, 9.17) is 9.57 Å². The second kappa shape index (κ2) is 6.51. The lowest BCUT2D eigenvalue weighted by atomic mass is 10.2. The average Bonchev–Trinajstić information content (AvgIpc) is 2.79. The maximum absolute atomic E-state index is 11.8. The molecule has 2 rings (SSSR count). The molecule has 0 spiro atoms. The fourth-order valence-corrected chi connectivity index (χ4v) is 2.01. The van der Waals surface area contributed by atoms with Gasteiger partial charge in [0.2, 0.25) is 0 Å². The second-order valence-corrected chi connectivity index (χ2v) is 4.44. The van der Waals surface area contributed by atoms with Crippen molar-refractivity contribution in [2.24, 2.45) is 0 Å². The van der Waals surface area contributed by atoms with Crippen LogP contribution in [0.2, 0.25) is 0 Å². The number of amides is 1. The third-order valence-corrected chi connectivity index (χ3v) is 3.02. The Morgan fingerprint density at radius 1 is 1.42 bits per heavy atom. The molecular weight excluding hydrogens is 248 g/mol. The Morgan fingerprint density at radius 3 is 2.84 bits per heavy atom. The molecule has 19 heavy (non-hydrogen) atoms. The van der Waals surface area contributed by atoms with Gasteiger partial charge in [0.15, 0.2) is 0 Å². The van der Waals surface area contributed by atoms with Crippen molar-refractivity contribution in [1.29, 1.82) is 0 Å². The number of aliphatic hydroxyl groups is 1. The fraction of sp³-hybridized carbons (Fsp3) is 0.462. The number of benzene rings is 1. The fourth-order valence-electron chi connectivity index (χ4n) is 2.01. The molecule has 0 unspecified atom stereocenters. The zero-order valence-corrected chi connectivity index (χ0v) is 10.8. The van der Waals surface area contributed by atoms with Crippen molar-refractivity contribution >= 4 is 6.09 Å². The van der Waals surface area contributed by atoms with E-state index in [0.29, 0.717) is 6.54 Å². The molecule has 0 saturated carbocycles. The van der Waals surface area contributed by atoms with Gasteiger partial charge in [0.1, 0.15) is 6.61 Å². The summed E-state index contributed by atoms with van der Waals surface area (Å²) in [6, 6.07) is 9.18. The standard InChI is InChI=1S/C13H18N2O4/c1-18-14-11-7-15(8-12(11)16)13(17)19-9-10-5-3-2-4-6-10/h2-6,11-12,14,16H,7-9H2,1H3/t11-,12-/m0/s1.